The molecule has 144 valence electrons. The standard InChI is InChI=1S/C22H25N5O/c1-17-6-5-7-19(14-17)15-22(28)27-12-10-26(11-13-27)21-16-20(23-18(2)24-21)25-8-3-4-9-25/h3-9,14,16H,10-13,15H2,1-2H3. The van der Waals surface area contributed by atoms with Crippen molar-refractivity contribution >= 4 is 11.7 Å². The van der Waals surface area contributed by atoms with Gasteiger partial charge < -0.3 is 14.4 Å². The molecule has 3 heterocycles. The van der Waals surface area contributed by atoms with Gasteiger partial charge in [0.2, 0.25) is 5.91 Å². The maximum Gasteiger partial charge on any atom is 0.227 e. The summed E-state index contributed by atoms with van der Waals surface area (Å²) in [5.74, 6) is 2.73. The number of anilines is 1. The molecule has 0 radical (unpaired) electrons. The smallest absolute Gasteiger partial charge is 0.227 e. The third-order valence-electron chi connectivity index (χ3n) is 5.07. The number of aromatic nitrogens is 3. The molecule has 1 amide bonds. The Bertz CT molecular complexity index is 959. The summed E-state index contributed by atoms with van der Waals surface area (Å²) in [5.41, 5.74) is 2.27. The van der Waals surface area contributed by atoms with Gasteiger partial charge in [0, 0.05) is 44.6 Å². The first-order valence-corrected chi connectivity index (χ1v) is 9.66. The van der Waals surface area contributed by atoms with Gasteiger partial charge in [-0.25, -0.2) is 9.97 Å². The van der Waals surface area contributed by atoms with E-state index in [9.17, 15) is 4.79 Å². The van der Waals surface area contributed by atoms with Crippen LogP contribution in [0, 0.1) is 13.8 Å². The summed E-state index contributed by atoms with van der Waals surface area (Å²) in [6, 6.07) is 14.1. The van der Waals surface area contributed by atoms with Crippen LogP contribution >= 0.6 is 0 Å². The lowest BCUT2D eigenvalue weighted by Gasteiger charge is -2.35. The van der Waals surface area contributed by atoms with Crippen LogP contribution in [0.2, 0.25) is 0 Å². The lowest BCUT2D eigenvalue weighted by atomic mass is 10.1. The van der Waals surface area contributed by atoms with Gasteiger partial charge in [-0.15, -0.1) is 0 Å². The van der Waals surface area contributed by atoms with Crippen LogP contribution < -0.4 is 4.90 Å². The number of aryl methyl sites for hydroxylation is 2. The van der Waals surface area contributed by atoms with Crippen molar-refractivity contribution in [2.45, 2.75) is 20.3 Å². The predicted molar refractivity (Wildman–Crippen MR) is 110 cm³/mol. The molecule has 1 fully saturated rings. The average molecular weight is 375 g/mol. The summed E-state index contributed by atoms with van der Waals surface area (Å²) in [4.78, 5) is 26.0. The van der Waals surface area contributed by atoms with Gasteiger partial charge in [0.25, 0.3) is 0 Å². The van der Waals surface area contributed by atoms with E-state index >= 15 is 0 Å². The van der Waals surface area contributed by atoms with Crippen molar-refractivity contribution in [3.05, 3.63) is 71.8 Å². The Kier molecular flexibility index (Phi) is 5.10. The number of carbonyl (C=O) groups excluding carboxylic acids is 1. The van der Waals surface area contributed by atoms with Gasteiger partial charge in [0.1, 0.15) is 17.5 Å². The van der Waals surface area contributed by atoms with Gasteiger partial charge in [-0.05, 0) is 31.5 Å². The van der Waals surface area contributed by atoms with Crippen molar-refractivity contribution in [2.24, 2.45) is 0 Å². The lowest BCUT2D eigenvalue weighted by molar-refractivity contribution is -0.130. The Morgan fingerprint density at radius 3 is 2.36 bits per heavy atom. The van der Waals surface area contributed by atoms with Crippen LogP contribution in [0.4, 0.5) is 5.82 Å². The monoisotopic (exact) mass is 375 g/mol. The molecule has 4 rings (SSSR count). The van der Waals surface area contributed by atoms with E-state index in [1.807, 2.05) is 59.1 Å². The molecule has 6 heteroatoms. The minimum absolute atomic E-state index is 0.192. The van der Waals surface area contributed by atoms with Crippen LogP contribution in [0.15, 0.2) is 54.9 Å². The number of hydrogen-bond acceptors (Lipinski definition) is 4. The van der Waals surface area contributed by atoms with E-state index in [-0.39, 0.29) is 5.91 Å². The number of piperazine rings is 1. The molecule has 0 aliphatic carbocycles. The van der Waals surface area contributed by atoms with E-state index in [0.29, 0.717) is 19.5 Å². The minimum atomic E-state index is 0.192. The number of rotatable bonds is 4. The van der Waals surface area contributed by atoms with Crippen LogP contribution in [0.5, 0.6) is 0 Å². The molecule has 1 aliphatic rings. The first kappa shape index (κ1) is 18.2. The van der Waals surface area contributed by atoms with Crippen molar-refractivity contribution in [2.75, 3.05) is 31.1 Å². The molecule has 0 N–H and O–H groups in total. The highest BCUT2D eigenvalue weighted by molar-refractivity contribution is 5.79. The molecule has 0 unspecified atom stereocenters. The van der Waals surface area contributed by atoms with Crippen molar-refractivity contribution < 1.29 is 4.79 Å². The van der Waals surface area contributed by atoms with Gasteiger partial charge in [0.15, 0.2) is 0 Å². The first-order valence-electron chi connectivity index (χ1n) is 9.66. The molecule has 3 aromatic rings. The fourth-order valence-corrected chi connectivity index (χ4v) is 3.61. The highest BCUT2D eigenvalue weighted by Gasteiger charge is 2.22. The summed E-state index contributed by atoms with van der Waals surface area (Å²) >= 11 is 0. The van der Waals surface area contributed by atoms with Crippen LogP contribution in [-0.2, 0) is 11.2 Å². The van der Waals surface area contributed by atoms with Gasteiger partial charge in [-0.1, -0.05) is 29.8 Å². The van der Waals surface area contributed by atoms with E-state index in [1.165, 1.54) is 5.56 Å². The molecular formula is C22H25N5O. The van der Waals surface area contributed by atoms with Crippen LogP contribution in [0.25, 0.3) is 5.82 Å². The van der Waals surface area contributed by atoms with Crippen LogP contribution in [0.1, 0.15) is 17.0 Å². The highest BCUT2D eigenvalue weighted by Crippen LogP contribution is 2.18. The largest absolute Gasteiger partial charge is 0.353 e. The maximum atomic E-state index is 12.7. The zero-order valence-corrected chi connectivity index (χ0v) is 16.4. The molecule has 2 aromatic heterocycles. The molecular weight excluding hydrogens is 350 g/mol. The molecule has 0 atom stereocenters. The topological polar surface area (TPSA) is 54.3 Å². The highest BCUT2D eigenvalue weighted by atomic mass is 16.2. The normalized spacial score (nSPS) is 14.4. The van der Waals surface area contributed by atoms with E-state index in [1.54, 1.807) is 0 Å². The van der Waals surface area contributed by atoms with Gasteiger partial charge in [-0.3, -0.25) is 4.79 Å². The van der Waals surface area contributed by atoms with Gasteiger partial charge in [0.05, 0.1) is 6.42 Å². The molecule has 1 aliphatic heterocycles. The maximum absolute atomic E-state index is 12.7. The average Bonchev–Trinajstić information content (AvgIpc) is 3.22. The zero-order valence-electron chi connectivity index (χ0n) is 16.4. The predicted octanol–water partition coefficient (Wildman–Crippen LogP) is 2.78. The third-order valence-corrected chi connectivity index (χ3v) is 5.07. The van der Waals surface area contributed by atoms with E-state index < -0.39 is 0 Å². The fourth-order valence-electron chi connectivity index (χ4n) is 3.61. The molecule has 6 nitrogen and oxygen atoms in total. The fraction of sp³-hybridized carbons (Fsp3) is 0.318. The second-order valence-electron chi connectivity index (χ2n) is 7.26. The Labute approximate surface area is 165 Å². The summed E-state index contributed by atoms with van der Waals surface area (Å²) < 4.78 is 1.99. The molecule has 0 bridgehead atoms. The number of nitrogens with zero attached hydrogens (tertiary/aromatic N) is 5. The summed E-state index contributed by atoms with van der Waals surface area (Å²) in [5, 5.41) is 0. The molecule has 28 heavy (non-hydrogen) atoms. The number of amides is 1. The third kappa shape index (κ3) is 4.06. The Hall–Kier alpha value is -3.15. The number of carbonyl (C=O) groups is 1. The summed E-state index contributed by atoms with van der Waals surface area (Å²) in [6.45, 7) is 6.96. The minimum Gasteiger partial charge on any atom is -0.353 e. The molecule has 1 aromatic carbocycles. The van der Waals surface area contributed by atoms with Crippen molar-refractivity contribution in [1.29, 1.82) is 0 Å². The van der Waals surface area contributed by atoms with Crippen molar-refractivity contribution in [3.8, 4) is 5.82 Å². The van der Waals surface area contributed by atoms with Crippen molar-refractivity contribution in [3.63, 3.8) is 0 Å². The molecule has 0 spiro atoms. The quantitative estimate of drug-likeness (QED) is 0.704. The summed E-state index contributed by atoms with van der Waals surface area (Å²) in [7, 11) is 0. The second kappa shape index (κ2) is 7.84. The SMILES string of the molecule is Cc1cccc(CC(=O)N2CCN(c3cc(-n4cccc4)nc(C)n3)CC2)c1. The Balaban J connectivity index is 1.41. The number of benzene rings is 1. The Morgan fingerprint density at radius 2 is 1.64 bits per heavy atom. The Morgan fingerprint density at radius 1 is 0.929 bits per heavy atom. The second-order valence-corrected chi connectivity index (χ2v) is 7.26. The lowest BCUT2D eigenvalue weighted by Crippen LogP contribution is -2.49. The summed E-state index contributed by atoms with van der Waals surface area (Å²) in [6.07, 6.45) is 4.42. The van der Waals surface area contributed by atoms with Gasteiger partial charge in [-0.2, -0.15) is 0 Å². The zero-order chi connectivity index (χ0) is 19.5. The van der Waals surface area contributed by atoms with Crippen LogP contribution in [0.3, 0.4) is 0 Å². The van der Waals surface area contributed by atoms with E-state index in [0.717, 1.165) is 36.1 Å². The number of hydrogen-bond donors (Lipinski definition) is 0. The molecule has 0 saturated carbocycles. The van der Waals surface area contributed by atoms with E-state index in [2.05, 4.69) is 33.9 Å². The van der Waals surface area contributed by atoms with E-state index in [4.69, 9.17) is 0 Å². The van der Waals surface area contributed by atoms with Gasteiger partial charge >= 0.3 is 0 Å². The van der Waals surface area contributed by atoms with Crippen LogP contribution in [-0.4, -0.2) is 51.5 Å². The van der Waals surface area contributed by atoms with Crippen molar-refractivity contribution in [1.82, 2.24) is 19.4 Å². The molecule has 1 saturated heterocycles. The first-order chi connectivity index (χ1) is 13.6.